The Balaban J connectivity index is 2.35. The Kier molecular flexibility index (Phi) is 9.68. The minimum atomic E-state index is -4.33. The van der Waals surface area contributed by atoms with Crippen molar-refractivity contribution in [2.75, 3.05) is 19.7 Å². The topological polar surface area (TPSA) is 102 Å². The maximum Gasteiger partial charge on any atom is 0.362 e. The van der Waals surface area contributed by atoms with Crippen molar-refractivity contribution in [2.24, 2.45) is 5.92 Å². The van der Waals surface area contributed by atoms with E-state index in [2.05, 4.69) is 13.8 Å². The number of benzene rings is 2. The summed E-state index contributed by atoms with van der Waals surface area (Å²) in [4.78, 5) is 32.0. The first kappa shape index (κ1) is 27.1. The first-order valence-corrected chi connectivity index (χ1v) is 13.0. The molecule has 2 N–H and O–H groups in total. The van der Waals surface area contributed by atoms with E-state index in [4.69, 9.17) is 14.2 Å². The van der Waals surface area contributed by atoms with Crippen LogP contribution >= 0.6 is 7.60 Å². The van der Waals surface area contributed by atoms with Gasteiger partial charge in [-0.1, -0.05) is 27.7 Å². The van der Waals surface area contributed by atoms with E-state index in [-0.39, 0.29) is 12.6 Å². The minimum Gasteiger partial charge on any atom is -0.480 e. The highest BCUT2D eigenvalue weighted by Crippen LogP contribution is 2.40. The molecule has 0 bridgehead atoms. The van der Waals surface area contributed by atoms with Crippen LogP contribution in [0.2, 0.25) is 0 Å². The lowest BCUT2D eigenvalue weighted by Gasteiger charge is -2.23. The van der Waals surface area contributed by atoms with E-state index in [1.807, 2.05) is 27.7 Å². The summed E-state index contributed by atoms with van der Waals surface area (Å²) in [6.07, 6.45) is 0.444. The summed E-state index contributed by atoms with van der Waals surface area (Å²) < 4.78 is 28.0. The third kappa shape index (κ3) is 7.15. The van der Waals surface area contributed by atoms with Crippen LogP contribution in [0.3, 0.4) is 0 Å². The van der Waals surface area contributed by atoms with Gasteiger partial charge in [-0.3, -0.25) is 9.36 Å². The van der Waals surface area contributed by atoms with Gasteiger partial charge in [0.1, 0.15) is 11.5 Å². The second-order valence-electron chi connectivity index (χ2n) is 8.44. The smallest absolute Gasteiger partial charge is 0.362 e. The molecule has 182 valence electrons. The van der Waals surface area contributed by atoms with Crippen LogP contribution in [-0.2, 0) is 22.1 Å². The summed E-state index contributed by atoms with van der Waals surface area (Å²) in [7, 11) is -4.33. The van der Waals surface area contributed by atoms with Crippen molar-refractivity contribution >= 4 is 13.4 Å². The van der Waals surface area contributed by atoms with E-state index in [1.54, 1.807) is 24.3 Å². The molecule has 33 heavy (non-hydrogen) atoms. The number of ketones is 1. The lowest BCUT2D eigenvalue weighted by atomic mass is 9.86. The lowest BCUT2D eigenvalue weighted by molar-refractivity contribution is 0.00272. The third-order valence-electron chi connectivity index (χ3n) is 5.39. The van der Waals surface area contributed by atoms with Gasteiger partial charge < -0.3 is 24.0 Å². The fourth-order valence-corrected chi connectivity index (χ4v) is 4.16. The SMILES string of the molecule is CCc1c(C)c(C(=O)c2ccc(OCOCC(C)C)cc2)c(C)c(CC)c1OCP(=O)(O)O. The van der Waals surface area contributed by atoms with Gasteiger partial charge >= 0.3 is 7.60 Å². The Hall–Kier alpha value is -2.18. The molecular formula is C25H35O7P. The van der Waals surface area contributed by atoms with Crippen LogP contribution < -0.4 is 9.47 Å². The number of carbonyl (C=O) groups is 1. The van der Waals surface area contributed by atoms with Gasteiger partial charge in [-0.25, -0.2) is 0 Å². The second-order valence-corrected chi connectivity index (χ2v) is 10.0. The maximum absolute atomic E-state index is 13.5. The monoisotopic (exact) mass is 478 g/mol. The minimum absolute atomic E-state index is 0.112. The molecule has 2 aromatic carbocycles. The highest BCUT2D eigenvalue weighted by molar-refractivity contribution is 7.51. The molecule has 0 amide bonds. The normalized spacial score (nSPS) is 11.7. The van der Waals surface area contributed by atoms with Crippen molar-refractivity contribution in [3.8, 4) is 11.5 Å². The summed E-state index contributed by atoms with van der Waals surface area (Å²) in [6.45, 7) is 12.5. The second kappa shape index (κ2) is 11.8. The molecule has 0 radical (unpaired) electrons. The largest absolute Gasteiger partial charge is 0.480 e. The molecule has 0 unspecified atom stereocenters. The molecule has 2 aromatic rings. The number of hydrogen-bond acceptors (Lipinski definition) is 5. The highest BCUT2D eigenvalue weighted by Gasteiger charge is 2.25. The Morgan fingerprint density at radius 1 is 0.970 bits per heavy atom. The Bertz CT molecular complexity index is 975. The molecule has 2 rings (SSSR count). The van der Waals surface area contributed by atoms with Gasteiger partial charge in [0.15, 0.2) is 18.9 Å². The first-order chi connectivity index (χ1) is 15.5. The first-order valence-electron chi connectivity index (χ1n) is 11.2. The van der Waals surface area contributed by atoms with Crippen LogP contribution in [0.15, 0.2) is 24.3 Å². The van der Waals surface area contributed by atoms with Gasteiger partial charge in [0, 0.05) is 11.1 Å². The van der Waals surface area contributed by atoms with E-state index in [0.717, 1.165) is 22.3 Å². The molecule has 0 fully saturated rings. The van der Waals surface area contributed by atoms with Crippen molar-refractivity contribution < 1.29 is 33.4 Å². The Labute approximate surface area is 196 Å². The van der Waals surface area contributed by atoms with E-state index in [1.165, 1.54) is 0 Å². The Morgan fingerprint density at radius 2 is 1.52 bits per heavy atom. The van der Waals surface area contributed by atoms with Crippen LogP contribution in [0.4, 0.5) is 0 Å². The van der Waals surface area contributed by atoms with Crippen LogP contribution in [0.5, 0.6) is 11.5 Å². The van der Waals surface area contributed by atoms with E-state index in [9.17, 15) is 19.1 Å². The van der Waals surface area contributed by atoms with Crippen LogP contribution in [-0.4, -0.2) is 35.3 Å². The zero-order valence-corrected chi connectivity index (χ0v) is 21.2. The van der Waals surface area contributed by atoms with E-state index in [0.29, 0.717) is 48.0 Å². The summed E-state index contributed by atoms with van der Waals surface area (Å²) in [6, 6.07) is 6.95. The predicted octanol–water partition coefficient (Wildman–Crippen LogP) is 5.18. The fourth-order valence-electron chi connectivity index (χ4n) is 3.86. The molecule has 0 atom stereocenters. The van der Waals surface area contributed by atoms with Crippen molar-refractivity contribution in [1.29, 1.82) is 0 Å². The molecule has 8 heteroatoms. The average molecular weight is 479 g/mol. The summed E-state index contributed by atoms with van der Waals surface area (Å²) >= 11 is 0. The van der Waals surface area contributed by atoms with Crippen molar-refractivity contribution in [2.45, 2.75) is 54.4 Å². The maximum atomic E-state index is 13.5. The lowest BCUT2D eigenvalue weighted by Crippen LogP contribution is -2.14. The Morgan fingerprint density at radius 3 is 1.97 bits per heavy atom. The molecule has 0 aromatic heterocycles. The zero-order chi connectivity index (χ0) is 24.8. The number of hydrogen-bond donors (Lipinski definition) is 2. The van der Waals surface area contributed by atoms with Gasteiger partial charge in [0.05, 0.1) is 6.61 Å². The quantitative estimate of drug-likeness (QED) is 0.187. The third-order valence-corrected chi connectivity index (χ3v) is 5.86. The number of carbonyl (C=O) groups excluding carboxylic acids is 1. The van der Waals surface area contributed by atoms with Crippen molar-refractivity contribution in [3.63, 3.8) is 0 Å². The molecule has 0 saturated carbocycles. The summed E-state index contributed by atoms with van der Waals surface area (Å²) in [5.41, 5.74) is 4.24. The van der Waals surface area contributed by atoms with E-state index >= 15 is 0 Å². The van der Waals surface area contributed by atoms with E-state index < -0.39 is 13.9 Å². The molecule has 0 spiro atoms. The van der Waals surface area contributed by atoms with Gasteiger partial charge in [0.2, 0.25) is 0 Å². The summed E-state index contributed by atoms with van der Waals surface area (Å²) in [5.74, 6) is 1.40. The van der Waals surface area contributed by atoms with Crippen LogP contribution in [0.1, 0.15) is 65.9 Å². The van der Waals surface area contributed by atoms with Gasteiger partial charge in [0.25, 0.3) is 0 Å². The molecular weight excluding hydrogens is 443 g/mol. The highest BCUT2D eigenvalue weighted by atomic mass is 31.2. The van der Waals surface area contributed by atoms with Gasteiger partial charge in [-0.15, -0.1) is 0 Å². The van der Waals surface area contributed by atoms with Gasteiger partial charge in [-0.05, 0) is 79.1 Å². The average Bonchev–Trinajstić information content (AvgIpc) is 2.75. The van der Waals surface area contributed by atoms with Crippen LogP contribution in [0.25, 0.3) is 0 Å². The molecule has 0 aliphatic carbocycles. The molecule has 0 heterocycles. The molecule has 0 aliphatic heterocycles. The van der Waals surface area contributed by atoms with Crippen molar-refractivity contribution in [1.82, 2.24) is 0 Å². The van der Waals surface area contributed by atoms with Crippen LogP contribution in [0, 0.1) is 19.8 Å². The standard InChI is InChI=1S/C25H35O7P/c1-7-21-17(5)23(18(6)22(8-2)25(21)32-15-33(27,28)29)24(26)19-9-11-20(12-10-19)31-14-30-13-16(3)4/h9-12,16H,7-8,13-15H2,1-6H3,(H2,27,28,29). The van der Waals surface area contributed by atoms with Gasteiger partial charge in [-0.2, -0.15) is 0 Å². The number of ether oxygens (including phenoxy) is 3. The summed E-state index contributed by atoms with van der Waals surface area (Å²) in [5, 5.41) is 0. The molecule has 0 saturated heterocycles. The molecule has 0 aliphatic rings. The zero-order valence-electron chi connectivity index (χ0n) is 20.3. The predicted molar refractivity (Wildman–Crippen MR) is 128 cm³/mol. The number of rotatable bonds is 12. The fraction of sp³-hybridized carbons (Fsp3) is 0.480. The molecule has 7 nitrogen and oxygen atoms in total. The van der Waals surface area contributed by atoms with Crippen molar-refractivity contribution in [3.05, 3.63) is 57.6 Å².